The molecule has 8 heteroatoms. The van der Waals surface area contributed by atoms with Crippen LogP contribution in [0.1, 0.15) is 41.5 Å². The van der Waals surface area contributed by atoms with Crippen molar-refractivity contribution >= 4 is 44.9 Å². The van der Waals surface area contributed by atoms with Gasteiger partial charge in [0.25, 0.3) is 0 Å². The molecule has 2 aromatic rings. The number of amides is 2. The molecule has 2 amide bonds. The van der Waals surface area contributed by atoms with Gasteiger partial charge in [-0.05, 0) is 59.7 Å². The quantitative estimate of drug-likeness (QED) is 0.634. The summed E-state index contributed by atoms with van der Waals surface area (Å²) in [4.78, 5) is 26.0. The minimum Gasteiger partial charge on any atom is -0.443 e. The Bertz CT molecular complexity index is 773. The Morgan fingerprint density at radius 3 is 2.04 bits per heavy atom. The monoisotopic (exact) mass is 412 g/mol. The SMILES string of the molecule is CC(C)(C)OC(=O)N(C(=O)OC(C)(C)C)c1noc2ccc(Br)cc12. The number of anilines is 1. The van der Waals surface area contributed by atoms with Crippen molar-refractivity contribution < 1.29 is 23.6 Å². The van der Waals surface area contributed by atoms with E-state index in [2.05, 4.69) is 21.1 Å². The molecule has 136 valence electrons. The molecule has 0 fully saturated rings. The highest BCUT2D eigenvalue weighted by Gasteiger charge is 2.35. The summed E-state index contributed by atoms with van der Waals surface area (Å²) in [6, 6.07) is 5.14. The minimum atomic E-state index is -0.892. The fourth-order valence-electron chi connectivity index (χ4n) is 1.92. The van der Waals surface area contributed by atoms with Crippen LogP contribution < -0.4 is 4.90 Å². The van der Waals surface area contributed by atoms with Gasteiger partial charge in [-0.3, -0.25) is 0 Å². The van der Waals surface area contributed by atoms with Crippen LogP contribution in [0.3, 0.4) is 0 Å². The van der Waals surface area contributed by atoms with Crippen LogP contribution in [0.4, 0.5) is 15.4 Å². The molecule has 0 atom stereocenters. The second-order valence-corrected chi connectivity index (χ2v) is 8.36. The maximum absolute atomic E-state index is 12.6. The van der Waals surface area contributed by atoms with Crippen molar-refractivity contribution in [2.24, 2.45) is 0 Å². The molecular weight excluding hydrogens is 392 g/mol. The van der Waals surface area contributed by atoms with Crippen molar-refractivity contribution in [3.05, 3.63) is 22.7 Å². The lowest BCUT2D eigenvalue weighted by Gasteiger charge is -2.27. The summed E-state index contributed by atoms with van der Waals surface area (Å²) in [7, 11) is 0. The Balaban J connectivity index is 2.51. The average molecular weight is 413 g/mol. The first-order valence-electron chi connectivity index (χ1n) is 7.68. The number of carbonyl (C=O) groups is 2. The summed E-state index contributed by atoms with van der Waals surface area (Å²) < 4.78 is 16.6. The van der Waals surface area contributed by atoms with Crippen molar-refractivity contribution in [2.75, 3.05) is 4.90 Å². The molecule has 0 spiro atoms. The van der Waals surface area contributed by atoms with Crippen LogP contribution in [0.15, 0.2) is 27.2 Å². The van der Waals surface area contributed by atoms with Gasteiger partial charge in [-0.1, -0.05) is 21.1 Å². The van der Waals surface area contributed by atoms with E-state index in [0.29, 0.717) is 11.0 Å². The lowest BCUT2D eigenvalue weighted by molar-refractivity contribution is 0.0428. The Labute approximate surface area is 154 Å². The van der Waals surface area contributed by atoms with Gasteiger partial charge < -0.3 is 14.0 Å². The molecule has 0 N–H and O–H groups in total. The minimum absolute atomic E-state index is 0.0137. The summed E-state index contributed by atoms with van der Waals surface area (Å²) in [6.07, 6.45) is -1.78. The number of fused-ring (bicyclic) bond motifs is 1. The number of rotatable bonds is 1. The third-order valence-corrected chi connectivity index (χ3v) is 3.27. The number of nitrogens with zero attached hydrogens (tertiary/aromatic N) is 2. The normalized spacial score (nSPS) is 12.1. The van der Waals surface area contributed by atoms with Gasteiger partial charge in [-0.2, -0.15) is 4.90 Å². The smallest absolute Gasteiger partial charge is 0.425 e. The summed E-state index contributed by atoms with van der Waals surface area (Å²) in [5, 5.41) is 4.35. The third-order valence-electron chi connectivity index (χ3n) is 2.78. The number of ether oxygens (including phenoxy) is 2. The maximum atomic E-state index is 12.6. The summed E-state index contributed by atoms with van der Waals surface area (Å²) in [6.45, 7) is 10.2. The van der Waals surface area contributed by atoms with Crippen molar-refractivity contribution in [2.45, 2.75) is 52.7 Å². The molecule has 7 nitrogen and oxygen atoms in total. The predicted octanol–water partition coefficient (Wildman–Crippen LogP) is 5.27. The van der Waals surface area contributed by atoms with Crippen molar-refractivity contribution in [1.29, 1.82) is 0 Å². The zero-order valence-corrected chi connectivity index (χ0v) is 16.6. The zero-order valence-electron chi connectivity index (χ0n) is 15.0. The topological polar surface area (TPSA) is 81.9 Å². The largest absolute Gasteiger partial charge is 0.443 e. The molecule has 0 aliphatic carbocycles. The van der Waals surface area contributed by atoms with E-state index in [9.17, 15) is 9.59 Å². The Morgan fingerprint density at radius 1 is 1.04 bits per heavy atom. The zero-order chi connectivity index (χ0) is 19.0. The molecule has 0 radical (unpaired) electrons. The summed E-state index contributed by atoms with van der Waals surface area (Å²) >= 11 is 3.35. The number of carbonyl (C=O) groups excluding carboxylic acids is 2. The van der Waals surface area contributed by atoms with Gasteiger partial charge in [0.15, 0.2) is 11.4 Å². The highest BCUT2D eigenvalue weighted by atomic mass is 79.9. The van der Waals surface area contributed by atoms with Crippen LogP contribution >= 0.6 is 15.9 Å². The molecular formula is C17H21BrN2O5. The van der Waals surface area contributed by atoms with E-state index in [4.69, 9.17) is 14.0 Å². The van der Waals surface area contributed by atoms with Gasteiger partial charge in [0.1, 0.15) is 11.2 Å². The van der Waals surface area contributed by atoms with Gasteiger partial charge in [0.2, 0.25) is 0 Å². The molecule has 0 saturated heterocycles. The Morgan fingerprint density at radius 2 is 1.56 bits per heavy atom. The molecule has 0 bridgehead atoms. The van der Waals surface area contributed by atoms with Gasteiger partial charge in [-0.25, -0.2) is 9.59 Å². The first-order chi connectivity index (χ1) is 11.4. The Kier molecular flexibility index (Phi) is 5.13. The molecule has 2 rings (SSSR count). The van der Waals surface area contributed by atoms with E-state index in [0.717, 1.165) is 9.37 Å². The third kappa shape index (κ3) is 4.94. The van der Waals surface area contributed by atoms with E-state index >= 15 is 0 Å². The molecule has 0 aliphatic rings. The summed E-state index contributed by atoms with van der Waals surface area (Å²) in [5.74, 6) is 0.0137. The number of aromatic nitrogens is 1. The molecule has 1 aromatic carbocycles. The van der Waals surface area contributed by atoms with Crippen LogP contribution in [0.25, 0.3) is 11.0 Å². The van der Waals surface area contributed by atoms with Crippen molar-refractivity contribution in [1.82, 2.24) is 5.16 Å². The van der Waals surface area contributed by atoms with E-state index < -0.39 is 23.4 Å². The fraction of sp³-hybridized carbons (Fsp3) is 0.471. The van der Waals surface area contributed by atoms with Crippen LogP contribution in [-0.4, -0.2) is 28.5 Å². The highest BCUT2D eigenvalue weighted by molar-refractivity contribution is 9.10. The highest BCUT2D eigenvalue weighted by Crippen LogP contribution is 2.31. The van der Waals surface area contributed by atoms with Gasteiger partial charge >= 0.3 is 12.2 Å². The number of hydrogen-bond donors (Lipinski definition) is 0. The lowest BCUT2D eigenvalue weighted by atomic mass is 10.2. The molecule has 0 saturated carbocycles. The van der Waals surface area contributed by atoms with E-state index in [1.165, 1.54) is 0 Å². The molecule has 25 heavy (non-hydrogen) atoms. The predicted molar refractivity (Wildman–Crippen MR) is 96.7 cm³/mol. The second kappa shape index (κ2) is 6.67. The lowest BCUT2D eigenvalue weighted by Crippen LogP contribution is -2.44. The van der Waals surface area contributed by atoms with E-state index in [-0.39, 0.29) is 5.82 Å². The van der Waals surface area contributed by atoms with Crippen LogP contribution in [-0.2, 0) is 9.47 Å². The maximum Gasteiger partial charge on any atom is 0.425 e. The summed E-state index contributed by atoms with van der Waals surface area (Å²) in [5.41, 5.74) is -1.16. The van der Waals surface area contributed by atoms with Crippen molar-refractivity contribution in [3.63, 3.8) is 0 Å². The fourth-order valence-corrected chi connectivity index (χ4v) is 2.28. The molecule has 0 aliphatic heterocycles. The van der Waals surface area contributed by atoms with E-state index in [1.807, 2.05) is 0 Å². The standard InChI is InChI=1S/C17H21BrN2O5/c1-16(2,3)23-14(21)20(15(22)24-17(4,5)6)13-11-9-10(18)7-8-12(11)25-19-13/h7-9H,1-6H3. The molecule has 1 aromatic heterocycles. The average Bonchev–Trinajstić information content (AvgIpc) is 2.78. The number of benzene rings is 1. The number of halogens is 1. The van der Waals surface area contributed by atoms with Crippen LogP contribution in [0.5, 0.6) is 0 Å². The van der Waals surface area contributed by atoms with Gasteiger partial charge in [-0.15, -0.1) is 0 Å². The number of imide groups is 1. The number of hydrogen-bond acceptors (Lipinski definition) is 6. The van der Waals surface area contributed by atoms with Gasteiger partial charge in [0.05, 0.1) is 5.39 Å². The van der Waals surface area contributed by atoms with Crippen LogP contribution in [0, 0.1) is 0 Å². The van der Waals surface area contributed by atoms with Crippen molar-refractivity contribution in [3.8, 4) is 0 Å². The first-order valence-corrected chi connectivity index (χ1v) is 8.48. The van der Waals surface area contributed by atoms with E-state index in [1.54, 1.807) is 59.7 Å². The second-order valence-electron chi connectivity index (χ2n) is 7.44. The molecule has 1 heterocycles. The van der Waals surface area contributed by atoms with Gasteiger partial charge in [0, 0.05) is 4.47 Å². The van der Waals surface area contributed by atoms with Crippen LogP contribution in [0.2, 0.25) is 0 Å². The first kappa shape index (κ1) is 19.2. The Hall–Kier alpha value is -2.09. The molecule has 0 unspecified atom stereocenters.